The SMILES string of the molecule is CN=C(NCCCCSC)NCc1ccc(COCc2ccccc2)cc1.I. The minimum atomic E-state index is 0. The number of hydrogen-bond donors (Lipinski definition) is 2. The van der Waals surface area contributed by atoms with Gasteiger partial charge in [-0.25, -0.2) is 0 Å². The van der Waals surface area contributed by atoms with Crippen LogP contribution in [0, 0.1) is 0 Å². The molecule has 0 aromatic heterocycles. The van der Waals surface area contributed by atoms with Crippen molar-refractivity contribution in [2.24, 2.45) is 4.99 Å². The van der Waals surface area contributed by atoms with Gasteiger partial charge in [0.1, 0.15) is 0 Å². The van der Waals surface area contributed by atoms with Crippen molar-refractivity contribution in [3.8, 4) is 0 Å². The van der Waals surface area contributed by atoms with Crippen LogP contribution in [-0.2, 0) is 24.5 Å². The Bertz CT molecular complexity index is 665. The number of thioether (sulfide) groups is 1. The van der Waals surface area contributed by atoms with E-state index in [0.29, 0.717) is 13.2 Å². The van der Waals surface area contributed by atoms with E-state index < -0.39 is 0 Å². The second kappa shape index (κ2) is 15.6. The molecular formula is C22H32IN3OS. The second-order valence-corrected chi connectivity index (χ2v) is 7.33. The summed E-state index contributed by atoms with van der Waals surface area (Å²) in [6.07, 6.45) is 4.55. The Hall–Kier alpha value is -1.25. The van der Waals surface area contributed by atoms with E-state index in [-0.39, 0.29) is 24.0 Å². The van der Waals surface area contributed by atoms with Crippen molar-refractivity contribution in [2.45, 2.75) is 32.6 Å². The lowest BCUT2D eigenvalue weighted by Crippen LogP contribution is -2.37. The molecule has 0 saturated heterocycles. The van der Waals surface area contributed by atoms with Gasteiger partial charge >= 0.3 is 0 Å². The quantitative estimate of drug-likeness (QED) is 0.196. The molecule has 0 bridgehead atoms. The molecule has 0 radical (unpaired) electrons. The normalized spacial score (nSPS) is 11.0. The van der Waals surface area contributed by atoms with Gasteiger partial charge in [-0.15, -0.1) is 24.0 Å². The second-order valence-electron chi connectivity index (χ2n) is 6.35. The van der Waals surface area contributed by atoms with Crippen LogP contribution < -0.4 is 10.6 Å². The van der Waals surface area contributed by atoms with E-state index in [1.165, 1.54) is 35.3 Å². The number of aliphatic imine (C=N–C) groups is 1. The van der Waals surface area contributed by atoms with Crippen LogP contribution in [0.3, 0.4) is 0 Å². The molecule has 0 fully saturated rings. The predicted molar refractivity (Wildman–Crippen MR) is 133 cm³/mol. The van der Waals surface area contributed by atoms with Gasteiger partial charge < -0.3 is 15.4 Å². The lowest BCUT2D eigenvalue weighted by atomic mass is 10.1. The number of nitrogens with one attached hydrogen (secondary N) is 2. The molecule has 4 nitrogen and oxygen atoms in total. The van der Waals surface area contributed by atoms with Gasteiger partial charge in [-0.1, -0.05) is 54.6 Å². The molecule has 0 atom stereocenters. The fourth-order valence-electron chi connectivity index (χ4n) is 2.60. The molecule has 2 aromatic carbocycles. The van der Waals surface area contributed by atoms with Crippen molar-refractivity contribution in [2.75, 3.05) is 25.6 Å². The highest BCUT2D eigenvalue weighted by Crippen LogP contribution is 2.08. The van der Waals surface area contributed by atoms with Gasteiger partial charge in [0.05, 0.1) is 13.2 Å². The largest absolute Gasteiger partial charge is 0.372 e. The lowest BCUT2D eigenvalue weighted by Gasteiger charge is -2.12. The maximum atomic E-state index is 5.79. The molecule has 0 amide bonds. The van der Waals surface area contributed by atoms with Gasteiger partial charge in [0, 0.05) is 20.1 Å². The van der Waals surface area contributed by atoms with E-state index in [1.54, 1.807) is 0 Å². The van der Waals surface area contributed by atoms with Gasteiger partial charge in [-0.2, -0.15) is 11.8 Å². The highest BCUT2D eigenvalue weighted by Gasteiger charge is 2.00. The van der Waals surface area contributed by atoms with E-state index in [4.69, 9.17) is 4.74 Å². The van der Waals surface area contributed by atoms with Gasteiger partial charge in [-0.3, -0.25) is 4.99 Å². The zero-order valence-corrected chi connectivity index (χ0v) is 20.0. The summed E-state index contributed by atoms with van der Waals surface area (Å²) in [5.41, 5.74) is 3.61. The Morgan fingerprint density at radius 1 is 0.893 bits per heavy atom. The number of hydrogen-bond acceptors (Lipinski definition) is 3. The van der Waals surface area contributed by atoms with Crippen molar-refractivity contribution in [3.63, 3.8) is 0 Å². The fraction of sp³-hybridized carbons (Fsp3) is 0.409. The van der Waals surface area contributed by atoms with E-state index in [2.05, 4.69) is 58.3 Å². The summed E-state index contributed by atoms with van der Waals surface area (Å²) in [5.74, 6) is 2.07. The zero-order chi connectivity index (χ0) is 19.2. The lowest BCUT2D eigenvalue weighted by molar-refractivity contribution is 0.107. The van der Waals surface area contributed by atoms with Crippen LogP contribution in [0.1, 0.15) is 29.5 Å². The summed E-state index contributed by atoms with van der Waals surface area (Å²) in [6, 6.07) is 18.8. The third kappa shape index (κ3) is 10.3. The molecule has 2 N–H and O–H groups in total. The van der Waals surface area contributed by atoms with Gasteiger partial charge in [0.15, 0.2) is 5.96 Å². The minimum absolute atomic E-state index is 0. The average molecular weight is 513 g/mol. The summed E-state index contributed by atoms with van der Waals surface area (Å²) >= 11 is 1.90. The average Bonchev–Trinajstić information content (AvgIpc) is 2.72. The molecule has 0 aliphatic carbocycles. The molecule has 0 heterocycles. The Kier molecular flexibility index (Phi) is 13.9. The first kappa shape index (κ1) is 24.8. The fourth-order valence-corrected chi connectivity index (χ4v) is 3.09. The standard InChI is InChI=1S/C22H31N3OS.HI/c1-23-22(24-14-6-7-15-27-2)25-16-19-10-12-21(13-11-19)18-26-17-20-8-4-3-5-9-20;/h3-5,8-13H,6-7,14-18H2,1-2H3,(H2,23,24,25);1H. The highest BCUT2D eigenvalue weighted by atomic mass is 127. The Morgan fingerprint density at radius 2 is 1.54 bits per heavy atom. The van der Waals surface area contributed by atoms with Gasteiger partial charge in [0.2, 0.25) is 0 Å². The molecule has 6 heteroatoms. The summed E-state index contributed by atoms with van der Waals surface area (Å²) in [7, 11) is 1.81. The molecular weight excluding hydrogens is 481 g/mol. The number of benzene rings is 2. The van der Waals surface area contributed by atoms with Gasteiger partial charge in [0.25, 0.3) is 0 Å². The smallest absolute Gasteiger partial charge is 0.191 e. The third-order valence-electron chi connectivity index (χ3n) is 4.15. The topological polar surface area (TPSA) is 45.7 Å². The van der Waals surface area contributed by atoms with Crippen LogP contribution in [0.4, 0.5) is 0 Å². The Morgan fingerprint density at radius 3 is 2.18 bits per heavy atom. The summed E-state index contributed by atoms with van der Waals surface area (Å²) in [6.45, 7) is 2.98. The Labute approximate surface area is 191 Å². The Balaban J connectivity index is 0.00000392. The molecule has 0 unspecified atom stereocenters. The summed E-state index contributed by atoms with van der Waals surface area (Å²) in [4.78, 5) is 4.28. The molecule has 0 aliphatic heterocycles. The van der Waals surface area contributed by atoms with E-state index in [1.807, 2.05) is 37.0 Å². The number of unbranched alkanes of at least 4 members (excludes halogenated alkanes) is 1. The molecule has 2 rings (SSSR count). The summed E-state index contributed by atoms with van der Waals surface area (Å²) in [5, 5.41) is 6.73. The molecule has 0 spiro atoms. The van der Waals surface area contributed by atoms with E-state index in [0.717, 1.165) is 19.0 Å². The molecule has 154 valence electrons. The summed E-state index contributed by atoms with van der Waals surface area (Å²) < 4.78 is 5.79. The molecule has 0 saturated carbocycles. The van der Waals surface area contributed by atoms with E-state index in [9.17, 15) is 0 Å². The van der Waals surface area contributed by atoms with Crippen molar-refractivity contribution >= 4 is 41.7 Å². The van der Waals surface area contributed by atoms with Crippen molar-refractivity contribution in [3.05, 3.63) is 71.3 Å². The van der Waals surface area contributed by atoms with Crippen molar-refractivity contribution < 1.29 is 4.74 Å². The molecule has 28 heavy (non-hydrogen) atoms. The van der Waals surface area contributed by atoms with Crippen LogP contribution >= 0.6 is 35.7 Å². The van der Waals surface area contributed by atoms with Crippen molar-refractivity contribution in [1.82, 2.24) is 10.6 Å². The van der Waals surface area contributed by atoms with Crippen molar-refractivity contribution in [1.29, 1.82) is 0 Å². The number of halogens is 1. The maximum Gasteiger partial charge on any atom is 0.191 e. The predicted octanol–water partition coefficient (Wildman–Crippen LogP) is 4.83. The first-order chi connectivity index (χ1) is 13.3. The van der Waals surface area contributed by atoms with Crippen LogP contribution in [0.2, 0.25) is 0 Å². The molecule has 0 aliphatic rings. The number of rotatable bonds is 11. The minimum Gasteiger partial charge on any atom is -0.372 e. The first-order valence-electron chi connectivity index (χ1n) is 9.44. The van der Waals surface area contributed by atoms with E-state index >= 15 is 0 Å². The molecule has 2 aromatic rings. The third-order valence-corrected chi connectivity index (χ3v) is 4.85. The van der Waals surface area contributed by atoms with Crippen LogP contribution in [0.15, 0.2) is 59.6 Å². The number of guanidine groups is 1. The van der Waals surface area contributed by atoms with Crippen LogP contribution in [0.25, 0.3) is 0 Å². The van der Waals surface area contributed by atoms with Gasteiger partial charge in [-0.05, 0) is 41.5 Å². The highest BCUT2D eigenvalue weighted by molar-refractivity contribution is 14.0. The van der Waals surface area contributed by atoms with Crippen LogP contribution in [0.5, 0.6) is 0 Å². The zero-order valence-electron chi connectivity index (χ0n) is 16.8. The number of ether oxygens (including phenoxy) is 1. The first-order valence-corrected chi connectivity index (χ1v) is 10.8. The number of nitrogens with zero attached hydrogens (tertiary/aromatic N) is 1. The maximum absolute atomic E-state index is 5.79. The van der Waals surface area contributed by atoms with Crippen LogP contribution in [-0.4, -0.2) is 31.6 Å². The monoisotopic (exact) mass is 513 g/mol.